The van der Waals surface area contributed by atoms with Crippen molar-refractivity contribution in [1.82, 2.24) is 0 Å². The number of nitro groups is 1. The average Bonchev–Trinajstić information content (AvgIpc) is 2.57. The summed E-state index contributed by atoms with van der Waals surface area (Å²) in [5.41, 5.74) is 2.39. The van der Waals surface area contributed by atoms with Gasteiger partial charge < -0.3 is 4.90 Å². The molecule has 0 aromatic heterocycles. The molecular formula is C17H18ClN3O4S. The summed E-state index contributed by atoms with van der Waals surface area (Å²) in [5, 5.41) is 10.8. The summed E-state index contributed by atoms with van der Waals surface area (Å²) in [7, 11) is -1.92. The van der Waals surface area contributed by atoms with Crippen molar-refractivity contribution in [3.05, 3.63) is 56.6 Å². The monoisotopic (exact) mass is 395 g/mol. The zero-order valence-electron chi connectivity index (χ0n) is 14.3. The van der Waals surface area contributed by atoms with Gasteiger partial charge in [0.05, 0.1) is 15.5 Å². The fraction of sp³-hybridized carbons (Fsp3) is 0.294. The maximum atomic E-state index is 12.8. The van der Waals surface area contributed by atoms with Crippen LogP contribution in [0, 0.1) is 17.0 Å². The third-order valence-electron chi connectivity index (χ3n) is 4.45. The Balaban J connectivity index is 1.96. The van der Waals surface area contributed by atoms with E-state index in [-0.39, 0.29) is 21.3 Å². The van der Waals surface area contributed by atoms with E-state index in [4.69, 9.17) is 11.6 Å². The Morgan fingerprint density at radius 1 is 1.27 bits per heavy atom. The van der Waals surface area contributed by atoms with E-state index in [9.17, 15) is 18.5 Å². The minimum Gasteiger partial charge on any atom is -0.374 e. The van der Waals surface area contributed by atoms with Gasteiger partial charge in [-0.25, -0.2) is 8.42 Å². The van der Waals surface area contributed by atoms with Crippen LogP contribution in [0.4, 0.5) is 17.1 Å². The number of hydrogen-bond donors (Lipinski definition) is 1. The van der Waals surface area contributed by atoms with Crippen LogP contribution in [0.2, 0.25) is 5.02 Å². The van der Waals surface area contributed by atoms with E-state index < -0.39 is 14.9 Å². The van der Waals surface area contributed by atoms with Crippen molar-refractivity contribution in [2.24, 2.45) is 0 Å². The van der Waals surface area contributed by atoms with E-state index in [1.165, 1.54) is 12.1 Å². The van der Waals surface area contributed by atoms with Crippen LogP contribution in [0.1, 0.15) is 17.5 Å². The van der Waals surface area contributed by atoms with Crippen LogP contribution in [0.3, 0.4) is 0 Å². The first-order valence-corrected chi connectivity index (χ1v) is 9.86. The van der Waals surface area contributed by atoms with Crippen molar-refractivity contribution in [2.45, 2.75) is 24.7 Å². The molecule has 0 unspecified atom stereocenters. The molecule has 3 rings (SSSR count). The molecule has 2 aromatic carbocycles. The number of benzene rings is 2. The number of anilines is 2. The maximum Gasteiger partial charge on any atom is 0.288 e. The lowest BCUT2D eigenvalue weighted by atomic mass is 10.0. The second-order valence-electron chi connectivity index (χ2n) is 6.30. The highest BCUT2D eigenvalue weighted by atomic mass is 35.5. The Morgan fingerprint density at radius 2 is 2.00 bits per heavy atom. The number of nitrogens with one attached hydrogen (secondary N) is 1. The van der Waals surface area contributed by atoms with Gasteiger partial charge in [0, 0.05) is 25.3 Å². The number of halogens is 1. The maximum absolute atomic E-state index is 12.8. The van der Waals surface area contributed by atoms with Gasteiger partial charge in [-0.05, 0) is 49.1 Å². The second kappa shape index (κ2) is 6.77. The van der Waals surface area contributed by atoms with E-state index in [1.54, 1.807) is 19.1 Å². The molecule has 0 bridgehead atoms. The first-order chi connectivity index (χ1) is 12.2. The third-order valence-corrected chi connectivity index (χ3v) is 6.12. The summed E-state index contributed by atoms with van der Waals surface area (Å²) in [5.74, 6) is 0. The molecule has 138 valence electrons. The van der Waals surface area contributed by atoms with Crippen molar-refractivity contribution >= 4 is 38.7 Å². The SMILES string of the molecule is Cc1cc([N+](=O)[O-])c(Cl)cc1NS(=O)(=O)c1ccc2c(c1)N(C)CCC2. The van der Waals surface area contributed by atoms with Crippen LogP contribution in [0.15, 0.2) is 35.2 Å². The van der Waals surface area contributed by atoms with E-state index in [0.29, 0.717) is 5.56 Å². The lowest BCUT2D eigenvalue weighted by Crippen LogP contribution is -2.25. The van der Waals surface area contributed by atoms with Crippen LogP contribution in [-0.2, 0) is 16.4 Å². The molecule has 1 N–H and O–H groups in total. The number of aryl methyl sites for hydroxylation is 2. The van der Waals surface area contributed by atoms with Gasteiger partial charge in [-0.1, -0.05) is 17.7 Å². The van der Waals surface area contributed by atoms with Gasteiger partial charge in [0.25, 0.3) is 15.7 Å². The number of sulfonamides is 1. The molecule has 0 fully saturated rings. The van der Waals surface area contributed by atoms with Gasteiger partial charge in [0.15, 0.2) is 0 Å². The summed E-state index contributed by atoms with van der Waals surface area (Å²) < 4.78 is 28.0. The van der Waals surface area contributed by atoms with Crippen molar-refractivity contribution < 1.29 is 13.3 Å². The Labute approximate surface area is 156 Å². The average molecular weight is 396 g/mol. The number of rotatable bonds is 4. The molecule has 7 nitrogen and oxygen atoms in total. The zero-order chi connectivity index (χ0) is 19.1. The van der Waals surface area contributed by atoms with Crippen LogP contribution in [0.5, 0.6) is 0 Å². The molecule has 0 radical (unpaired) electrons. The van der Waals surface area contributed by atoms with Gasteiger partial charge in [-0.15, -0.1) is 0 Å². The summed E-state index contributed by atoms with van der Waals surface area (Å²) in [4.78, 5) is 12.5. The molecule has 0 aliphatic carbocycles. The first kappa shape index (κ1) is 18.5. The fourth-order valence-electron chi connectivity index (χ4n) is 3.02. The van der Waals surface area contributed by atoms with E-state index >= 15 is 0 Å². The van der Waals surface area contributed by atoms with Crippen LogP contribution < -0.4 is 9.62 Å². The molecule has 9 heteroatoms. The summed E-state index contributed by atoms with van der Waals surface area (Å²) in [6.07, 6.45) is 1.96. The number of fused-ring (bicyclic) bond motifs is 1. The molecule has 1 heterocycles. The topological polar surface area (TPSA) is 92.5 Å². The third kappa shape index (κ3) is 3.47. The van der Waals surface area contributed by atoms with Crippen molar-refractivity contribution in [3.8, 4) is 0 Å². The van der Waals surface area contributed by atoms with Gasteiger partial charge in [0.1, 0.15) is 5.02 Å². The van der Waals surface area contributed by atoms with Crippen LogP contribution in [-0.4, -0.2) is 26.9 Å². The summed E-state index contributed by atoms with van der Waals surface area (Å²) >= 11 is 5.90. The predicted molar refractivity (Wildman–Crippen MR) is 102 cm³/mol. The van der Waals surface area contributed by atoms with Crippen molar-refractivity contribution in [3.63, 3.8) is 0 Å². The minimum absolute atomic E-state index is 0.122. The van der Waals surface area contributed by atoms with Gasteiger partial charge in [0.2, 0.25) is 0 Å². The minimum atomic E-state index is -3.85. The zero-order valence-corrected chi connectivity index (χ0v) is 15.9. The Bertz CT molecular complexity index is 992. The summed E-state index contributed by atoms with van der Waals surface area (Å²) in [6.45, 7) is 2.46. The molecular weight excluding hydrogens is 378 g/mol. The molecule has 0 spiro atoms. The molecule has 1 aliphatic rings. The molecule has 0 amide bonds. The van der Waals surface area contributed by atoms with Crippen LogP contribution >= 0.6 is 11.6 Å². The van der Waals surface area contributed by atoms with Gasteiger partial charge in [-0.2, -0.15) is 0 Å². The molecule has 0 saturated carbocycles. The number of nitrogens with zero attached hydrogens (tertiary/aromatic N) is 2. The normalized spacial score (nSPS) is 14.0. The first-order valence-electron chi connectivity index (χ1n) is 8.00. The molecule has 0 atom stereocenters. The highest BCUT2D eigenvalue weighted by Gasteiger charge is 2.22. The van der Waals surface area contributed by atoms with Gasteiger partial charge in [-0.3, -0.25) is 14.8 Å². The van der Waals surface area contributed by atoms with Crippen molar-refractivity contribution in [2.75, 3.05) is 23.2 Å². The number of nitro benzene ring substituents is 1. The van der Waals surface area contributed by atoms with E-state index in [1.807, 2.05) is 18.0 Å². The second-order valence-corrected chi connectivity index (χ2v) is 8.39. The molecule has 0 saturated heterocycles. The van der Waals surface area contributed by atoms with E-state index in [0.717, 1.165) is 30.6 Å². The molecule has 26 heavy (non-hydrogen) atoms. The highest BCUT2D eigenvalue weighted by Crippen LogP contribution is 2.33. The van der Waals surface area contributed by atoms with Crippen molar-refractivity contribution in [1.29, 1.82) is 0 Å². The Kier molecular flexibility index (Phi) is 4.81. The molecule has 1 aliphatic heterocycles. The lowest BCUT2D eigenvalue weighted by molar-refractivity contribution is -0.384. The molecule has 2 aromatic rings. The standard InChI is InChI=1S/C17H18ClN3O4S/c1-11-8-17(21(22)23)14(18)10-15(11)19-26(24,25)13-6-5-12-4-3-7-20(2)16(12)9-13/h5-6,8-10,19H,3-4,7H2,1-2H3. The lowest BCUT2D eigenvalue weighted by Gasteiger charge is -2.28. The Hall–Kier alpha value is -2.32. The smallest absolute Gasteiger partial charge is 0.288 e. The summed E-state index contributed by atoms with van der Waals surface area (Å²) in [6, 6.07) is 7.56. The van der Waals surface area contributed by atoms with E-state index in [2.05, 4.69) is 4.72 Å². The van der Waals surface area contributed by atoms with Gasteiger partial charge >= 0.3 is 0 Å². The number of hydrogen-bond acceptors (Lipinski definition) is 5. The fourth-order valence-corrected chi connectivity index (χ4v) is 4.40. The largest absolute Gasteiger partial charge is 0.374 e. The quantitative estimate of drug-likeness (QED) is 0.628. The Morgan fingerprint density at radius 3 is 2.69 bits per heavy atom. The predicted octanol–water partition coefficient (Wildman–Crippen LogP) is 3.74. The highest BCUT2D eigenvalue weighted by molar-refractivity contribution is 7.92. The van der Waals surface area contributed by atoms with Crippen LogP contribution in [0.25, 0.3) is 0 Å².